The Labute approximate surface area is 132 Å². The van der Waals surface area contributed by atoms with Crippen LogP contribution in [0.2, 0.25) is 0 Å². The van der Waals surface area contributed by atoms with Crippen LogP contribution >= 0.6 is 0 Å². The maximum absolute atomic E-state index is 4.05. The molecule has 1 unspecified atom stereocenters. The third-order valence-electron chi connectivity index (χ3n) is 4.56. The Morgan fingerprint density at radius 2 is 1.43 bits per heavy atom. The Morgan fingerprint density at radius 1 is 0.905 bits per heavy atom. The number of hydrazine groups is 1. The first-order valence-electron chi connectivity index (χ1n) is 9.38. The van der Waals surface area contributed by atoms with Crippen LogP contribution in [0.15, 0.2) is 5.10 Å². The van der Waals surface area contributed by atoms with Crippen LogP contribution < -0.4 is 5.53 Å². The molecule has 3 heteroatoms. The molecule has 0 saturated heterocycles. The van der Waals surface area contributed by atoms with E-state index in [1.165, 1.54) is 83.5 Å². The van der Waals surface area contributed by atoms with E-state index in [4.69, 9.17) is 0 Å². The van der Waals surface area contributed by atoms with E-state index in [0.717, 1.165) is 6.54 Å². The van der Waals surface area contributed by atoms with Gasteiger partial charge in [-0.2, -0.15) is 10.1 Å². The van der Waals surface area contributed by atoms with Crippen LogP contribution in [0.4, 0.5) is 0 Å². The topological polar surface area (TPSA) is 27.6 Å². The van der Waals surface area contributed by atoms with E-state index < -0.39 is 0 Å². The Hall–Kier alpha value is -0.570. The number of hydrazone groups is 1. The first kappa shape index (κ1) is 18.5. The van der Waals surface area contributed by atoms with Gasteiger partial charge in [-0.1, -0.05) is 84.0 Å². The minimum absolute atomic E-state index is 0.607. The van der Waals surface area contributed by atoms with E-state index in [0.29, 0.717) is 6.04 Å². The molecule has 3 nitrogen and oxygen atoms in total. The summed E-state index contributed by atoms with van der Waals surface area (Å²) >= 11 is 0. The Bertz CT molecular complexity index is 245. The monoisotopic (exact) mass is 295 g/mol. The summed E-state index contributed by atoms with van der Waals surface area (Å²) in [6.07, 6.45) is 20.4. The number of rotatable bonds is 14. The van der Waals surface area contributed by atoms with Crippen LogP contribution in [-0.4, -0.2) is 23.8 Å². The van der Waals surface area contributed by atoms with E-state index in [2.05, 4.69) is 29.5 Å². The van der Waals surface area contributed by atoms with Gasteiger partial charge in [-0.15, -0.1) is 0 Å². The predicted molar refractivity (Wildman–Crippen MR) is 93.5 cm³/mol. The lowest BCUT2D eigenvalue weighted by molar-refractivity contribution is 0.169. The molecule has 0 saturated carbocycles. The molecule has 1 aliphatic rings. The zero-order valence-corrected chi connectivity index (χ0v) is 14.4. The standard InChI is InChI=1S/C18H37N3/c1-3-4-5-6-7-8-9-10-11-12-13-14-15-18(2)21-17-16-19-20-21/h16,18,20H,3-15,17H2,1-2H3. The fourth-order valence-electron chi connectivity index (χ4n) is 3.00. The van der Waals surface area contributed by atoms with Crippen LogP contribution in [0.25, 0.3) is 0 Å². The second kappa shape index (κ2) is 13.1. The quantitative estimate of drug-likeness (QED) is 0.442. The molecule has 0 amide bonds. The normalized spacial score (nSPS) is 16.3. The average Bonchev–Trinajstić information content (AvgIpc) is 3.02. The molecule has 21 heavy (non-hydrogen) atoms. The molecule has 0 aliphatic carbocycles. The van der Waals surface area contributed by atoms with Crippen molar-refractivity contribution in [3.63, 3.8) is 0 Å². The molecule has 0 fully saturated rings. The minimum Gasteiger partial charge on any atom is -0.240 e. The van der Waals surface area contributed by atoms with Gasteiger partial charge in [0, 0.05) is 12.3 Å². The summed E-state index contributed by atoms with van der Waals surface area (Å²) in [5, 5.41) is 6.27. The highest BCUT2D eigenvalue weighted by atomic mass is 15.7. The molecule has 0 aromatic rings. The van der Waals surface area contributed by atoms with Crippen molar-refractivity contribution in [1.29, 1.82) is 0 Å². The maximum Gasteiger partial charge on any atom is 0.0569 e. The fourth-order valence-corrected chi connectivity index (χ4v) is 3.00. The third-order valence-corrected chi connectivity index (χ3v) is 4.56. The van der Waals surface area contributed by atoms with Gasteiger partial charge < -0.3 is 0 Å². The number of hydrogen-bond acceptors (Lipinski definition) is 3. The van der Waals surface area contributed by atoms with Crippen molar-refractivity contribution in [2.24, 2.45) is 5.10 Å². The van der Waals surface area contributed by atoms with Gasteiger partial charge in [-0.05, 0) is 13.3 Å². The van der Waals surface area contributed by atoms with Crippen molar-refractivity contribution in [3.8, 4) is 0 Å². The molecule has 1 atom stereocenters. The van der Waals surface area contributed by atoms with Crippen molar-refractivity contribution in [2.45, 2.75) is 103 Å². The largest absolute Gasteiger partial charge is 0.240 e. The van der Waals surface area contributed by atoms with Crippen molar-refractivity contribution >= 4 is 6.21 Å². The van der Waals surface area contributed by atoms with E-state index >= 15 is 0 Å². The molecular weight excluding hydrogens is 258 g/mol. The first-order chi connectivity index (χ1) is 10.3. The van der Waals surface area contributed by atoms with Gasteiger partial charge in [0.05, 0.1) is 6.54 Å². The summed E-state index contributed by atoms with van der Waals surface area (Å²) in [6, 6.07) is 0.607. The molecule has 0 bridgehead atoms. The van der Waals surface area contributed by atoms with Crippen molar-refractivity contribution in [3.05, 3.63) is 0 Å². The maximum atomic E-state index is 4.05. The third kappa shape index (κ3) is 9.89. The van der Waals surface area contributed by atoms with Gasteiger partial charge in [0.1, 0.15) is 0 Å². The van der Waals surface area contributed by atoms with Gasteiger partial charge in [0.25, 0.3) is 0 Å². The van der Waals surface area contributed by atoms with Crippen LogP contribution in [0.1, 0.15) is 97.3 Å². The molecule has 1 N–H and O–H groups in total. The van der Waals surface area contributed by atoms with Crippen LogP contribution in [0, 0.1) is 0 Å². The van der Waals surface area contributed by atoms with E-state index in [9.17, 15) is 0 Å². The van der Waals surface area contributed by atoms with Crippen molar-refractivity contribution in [1.82, 2.24) is 10.5 Å². The molecule has 1 rings (SSSR count). The molecule has 0 spiro atoms. The molecule has 0 aromatic carbocycles. The van der Waals surface area contributed by atoms with Crippen molar-refractivity contribution in [2.75, 3.05) is 6.54 Å². The predicted octanol–water partition coefficient (Wildman–Crippen LogP) is 5.27. The van der Waals surface area contributed by atoms with Gasteiger partial charge in [-0.25, -0.2) is 5.53 Å². The Morgan fingerprint density at radius 3 is 1.90 bits per heavy atom. The second-order valence-corrected chi connectivity index (χ2v) is 6.59. The van der Waals surface area contributed by atoms with Gasteiger partial charge in [0.2, 0.25) is 0 Å². The van der Waals surface area contributed by atoms with Gasteiger partial charge in [-0.3, -0.25) is 0 Å². The van der Waals surface area contributed by atoms with Crippen LogP contribution in [0.3, 0.4) is 0 Å². The van der Waals surface area contributed by atoms with Gasteiger partial charge >= 0.3 is 0 Å². The molecule has 1 aliphatic heterocycles. The smallest absolute Gasteiger partial charge is 0.0569 e. The zero-order chi connectivity index (χ0) is 15.2. The zero-order valence-electron chi connectivity index (χ0n) is 14.4. The summed E-state index contributed by atoms with van der Waals surface area (Å²) in [4.78, 5) is 0. The summed E-state index contributed by atoms with van der Waals surface area (Å²) < 4.78 is 0. The summed E-state index contributed by atoms with van der Waals surface area (Å²) in [6.45, 7) is 5.54. The summed E-state index contributed by atoms with van der Waals surface area (Å²) in [5.74, 6) is 0. The lowest BCUT2D eigenvalue weighted by Gasteiger charge is -2.22. The van der Waals surface area contributed by atoms with Crippen LogP contribution in [0.5, 0.6) is 0 Å². The van der Waals surface area contributed by atoms with Crippen molar-refractivity contribution < 1.29 is 0 Å². The first-order valence-corrected chi connectivity index (χ1v) is 9.38. The molecule has 0 radical (unpaired) electrons. The number of hydrogen-bond donors (Lipinski definition) is 1. The highest BCUT2D eigenvalue weighted by molar-refractivity contribution is 5.60. The molecular formula is C18H37N3. The SMILES string of the molecule is CCCCCCCCCCCCCCC(C)N1CC=NN1. The summed E-state index contributed by atoms with van der Waals surface area (Å²) in [7, 11) is 0. The minimum atomic E-state index is 0.607. The average molecular weight is 296 g/mol. The lowest BCUT2D eigenvalue weighted by Crippen LogP contribution is -2.38. The van der Waals surface area contributed by atoms with E-state index in [-0.39, 0.29) is 0 Å². The molecule has 124 valence electrons. The number of unbranched alkanes of at least 4 members (excludes halogenated alkanes) is 11. The van der Waals surface area contributed by atoms with Gasteiger partial charge in [0.15, 0.2) is 0 Å². The highest BCUT2D eigenvalue weighted by Gasteiger charge is 2.14. The number of nitrogens with zero attached hydrogens (tertiary/aromatic N) is 2. The Balaban J connectivity index is 1.74. The highest BCUT2D eigenvalue weighted by Crippen LogP contribution is 2.14. The van der Waals surface area contributed by atoms with E-state index in [1.807, 2.05) is 6.21 Å². The summed E-state index contributed by atoms with van der Waals surface area (Å²) in [5.41, 5.74) is 3.05. The fraction of sp³-hybridized carbons (Fsp3) is 0.944. The van der Waals surface area contributed by atoms with E-state index in [1.54, 1.807) is 0 Å². The Kier molecular flexibility index (Phi) is 11.5. The second-order valence-electron chi connectivity index (χ2n) is 6.59. The lowest BCUT2D eigenvalue weighted by atomic mass is 10.0. The number of nitrogens with one attached hydrogen (secondary N) is 1. The van der Waals surface area contributed by atoms with Crippen LogP contribution in [-0.2, 0) is 0 Å². The molecule has 0 aromatic heterocycles. The molecule has 1 heterocycles.